The molecule has 0 saturated heterocycles. The van der Waals surface area contributed by atoms with E-state index in [4.69, 9.17) is 16.7 Å². The van der Waals surface area contributed by atoms with Crippen molar-refractivity contribution in [3.63, 3.8) is 0 Å². The van der Waals surface area contributed by atoms with E-state index in [1.54, 1.807) is 0 Å². The zero-order chi connectivity index (χ0) is 22.3. The van der Waals surface area contributed by atoms with E-state index in [1.165, 1.54) is 16.8 Å². The smallest absolute Gasteiger partial charge is 0.416 e. The van der Waals surface area contributed by atoms with Gasteiger partial charge in [-0.1, -0.05) is 11.6 Å². The molecule has 10 heteroatoms. The number of carbonyl (C=O) groups is 1. The molecule has 1 aromatic carbocycles. The van der Waals surface area contributed by atoms with Gasteiger partial charge in [-0.25, -0.2) is 14.2 Å². The number of benzene rings is 1. The molecule has 2 heterocycles. The van der Waals surface area contributed by atoms with E-state index < -0.39 is 23.5 Å². The molecule has 2 aromatic heterocycles. The van der Waals surface area contributed by atoms with Crippen molar-refractivity contribution < 1.29 is 27.5 Å². The molecule has 0 bridgehead atoms. The van der Waals surface area contributed by atoms with Gasteiger partial charge in [0.15, 0.2) is 0 Å². The lowest BCUT2D eigenvalue weighted by molar-refractivity contribution is -0.138. The first-order valence-corrected chi connectivity index (χ1v) is 9.87. The van der Waals surface area contributed by atoms with Gasteiger partial charge in [0.2, 0.25) is 0 Å². The summed E-state index contributed by atoms with van der Waals surface area (Å²) in [6.45, 7) is -0.265. The Morgan fingerprint density at radius 1 is 1.19 bits per heavy atom. The van der Waals surface area contributed by atoms with Gasteiger partial charge in [0.1, 0.15) is 11.0 Å². The molecule has 0 radical (unpaired) electrons. The van der Waals surface area contributed by atoms with Crippen LogP contribution in [0.1, 0.15) is 45.6 Å². The second kappa shape index (κ2) is 7.96. The van der Waals surface area contributed by atoms with Gasteiger partial charge in [0, 0.05) is 28.6 Å². The average molecular weight is 454 g/mol. The summed E-state index contributed by atoms with van der Waals surface area (Å²) in [7, 11) is 0. The van der Waals surface area contributed by atoms with E-state index in [0.717, 1.165) is 42.4 Å². The molecule has 0 atom stereocenters. The minimum Gasteiger partial charge on any atom is -0.478 e. The SMILES string of the molecule is O=C(O)c1ccc(-c2nn(Cc3c(C(F)(F)F)ccnc3Cl)c3c2CCCC3)c(F)c1. The van der Waals surface area contributed by atoms with E-state index in [-0.39, 0.29) is 28.4 Å². The van der Waals surface area contributed by atoms with E-state index >= 15 is 0 Å². The molecule has 0 spiro atoms. The first kappa shape index (κ1) is 21.3. The molecule has 31 heavy (non-hydrogen) atoms. The minimum atomic E-state index is -4.61. The van der Waals surface area contributed by atoms with Crippen LogP contribution in [-0.2, 0) is 25.6 Å². The molecule has 1 aliphatic carbocycles. The number of alkyl halides is 3. The van der Waals surface area contributed by atoms with Crippen LogP contribution in [0.4, 0.5) is 17.6 Å². The van der Waals surface area contributed by atoms with Gasteiger partial charge in [-0.3, -0.25) is 4.68 Å². The Balaban J connectivity index is 1.83. The molecule has 0 amide bonds. The van der Waals surface area contributed by atoms with Gasteiger partial charge in [0.25, 0.3) is 0 Å². The lowest BCUT2D eigenvalue weighted by Gasteiger charge is -2.17. The number of pyridine rings is 1. The number of hydrogen-bond acceptors (Lipinski definition) is 3. The van der Waals surface area contributed by atoms with E-state index in [2.05, 4.69) is 10.1 Å². The van der Waals surface area contributed by atoms with Crippen LogP contribution in [-0.4, -0.2) is 25.8 Å². The summed E-state index contributed by atoms with van der Waals surface area (Å²) in [6, 6.07) is 4.38. The van der Waals surface area contributed by atoms with Crippen LogP contribution in [0.3, 0.4) is 0 Å². The first-order chi connectivity index (χ1) is 14.7. The van der Waals surface area contributed by atoms with Crippen molar-refractivity contribution in [1.82, 2.24) is 14.8 Å². The fourth-order valence-corrected chi connectivity index (χ4v) is 4.11. The molecule has 162 valence electrons. The van der Waals surface area contributed by atoms with Gasteiger partial charge in [-0.05, 0) is 49.9 Å². The normalized spacial score (nSPS) is 13.8. The molecule has 1 N–H and O–H groups in total. The topological polar surface area (TPSA) is 68.0 Å². The van der Waals surface area contributed by atoms with Gasteiger partial charge >= 0.3 is 12.1 Å². The van der Waals surface area contributed by atoms with Crippen LogP contribution in [0.2, 0.25) is 5.15 Å². The molecular weight excluding hydrogens is 438 g/mol. The molecule has 4 rings (SSSR count). The maximum Gasteiger partial charge on any atom is 0.416 e. The number of hydrogen-bond donors (Lipinski definition) is 1. The maximum absolute atomic E-state index is 14.7. The van der Waals surface area contributed by atoms with Crippen LogP contribution in [0.5, 0.6) is 0 Å². The number of rotatable bonds is 4. The zero-order valence-corrected chi connectivity index (χ0v) is 16.8. The zero-order valence-electron chi connectivity index (χ0n) is 16.0. The summed E-state index contributed by atoms with van der Waals surface area (Å²) in [6.07, 6.45) is -0.781. The Morgan fingerprint density at radius 2 is 1.94 bits per heavy atom. The highest BCUT2D eigenvalue weighted by atomic mass is 35.5. The lowest BCUT2D eigenvalue weighted by atomic mass is 9.93. The van der Waals surface area contributed by atoms with Crippen LogP contribution in [0, 0.1) is 5.82 Å². The van der Waals surface area contributed by atoms with Crippen molar-refractivity contribution in [2.45, 2.75) is 38.4 Å². The first-order valence-electron chi connectivity index (χ1n) is 9.49. The second-order valence-electron chi connectivity index (χ2n) is 7.26. The Kier molecular flexibility index (Phi) is 5.47. The van der Waals surface area contributed by atoms with E-state index in [0.29, 0.717) is 18.5 Å². The standard InChI is InChI=1S/C21H16ClF4N3O2/c22-19-14(15(7-8-27-19)21(24,25)26)10-29-17-4-2-1-3-13(17)18(28-29)12-6-5-11(20(30)31)9-16(12)23/h5-9H,1-4,10H2,(H,30,31). The summed E-state index contributed by atoms with van der Waals surface area (Å²) in [5.74, 6) is -2.02. The predicted octanol–water partition coefficient (Wildman–Crippen LogP) is 5.38. The van der Waals surface area contributed by atoms with Gasteiger partial charge in [0.05, 0.1) is 23.4 Å². The molecule has 5 nitrogen and oxygen atoms in total. The largest absolute Gasteiger partial charge is 0.478 e. The Bertz CT molecular complexity index is 1170. The highest BCUT2D eigenvalue weighted by Gasteiger charge is 2.35. The number of halogens is 5. The Labute approximate surface area is 179 Å². The van der Waals surface area contributed by atoms with Crippen molar-refractivity contribution >= 4 is 17.6 Å². The molecule has 3 aromatic rings. The van der Waals surface area contributed by atoms with Crippen molar-refractivity contribution in [2.75, 3.05) is 0 Å². The van der Waals surface area contributed by atoms with Crippen molar-refractivity contribution in [3.05, 3.63) is 69.4 Å². The van der Waals surface area contributed by atoms with E-state index in [1.807, 2.05) is 0 Å². The third-order valence-electron chi connectivity index (χ3n) is 5.34. The molecule has 0 fully saturated rings. The van der Waals surface area contributed by atoms with Gasteiger partial charge in [-0.2, -0.15) is 18.3 Å². The van der Waals surface area contributed by atoms with Crippen LogP contribution < -0.4 is 0 Å². The highest BCUT2D eigenvalue weighted by Crippen LogP contribution is 2.37. The third kappa shape index (κ3) is 4.01. The van der Waals surface area contributed by atoms with Crippen LogP contribution >= 0.6 is 11.6 Å². The monoisotopic (exact) mass is 453 g/mol. The van der Waals surface area contributed by atoms with Gasteiger partial charge < -0.3 is 5.11 Å². The number of carboxylic acid groups (broad SMARTS) is 1. The predicted molar refractivity (Wildman–Crippen MR) is 105 cm³/mol. The Morgan fingerprint density at radius 3 is 2.61 bits per heavy atom. The number of aromatic nitrogens is 3. The van der Waals surface area contributed by atoms with Crippen molar-refractivity contribution in [3.8, 4) is 11.3 Å². The number of aromatic carboxylic acids is 1. The summed E-state index contributed by atoms with van der Waals surface area (Å²) in [5, 5.41) is 13.2. The quantitative estimate of drug-likeness (QED) is 0.425. The van der Waals surface area contributed by atoms with Crippen LogP contribution in [0.25, 0.3) is 11.3 Å². The minimum absolute atomic E-state index is 0.107. The summed E-state index contributed by atoms with van der Waals surface area (Å²) >= 11 is 6.00. The molecule has 1 aliphatic rings. The maximum atomic E-state index is 14.7. The van der Waals surface area contributed by atoms with Gasteiger partial charge in [-0.15, -0.1) is 0 Å². The Hall–Kier alpha value is -2.94. The van der Waals surface area contributed by atoms with Crippen LogP contribution in [0.15, 0.2) is 30.5 Å². The molecule has 0 saturated carbocycles. The fourth-order valence-electron chi connectivity index (χ4n) is 3.89. The highest BCUT2D eigenvalue weighted by molar-refractivity contribution is 6.30. The molecular formula is C21H16ClF4N3O2. The summed E-state index contributed by atoms with van der Waals surface area (Å²) < 4.78 is 56.6. The fraction of sp³-hybridized carbons (Fsp3) is 0.286. The number of fused-ring (bicyclic) bond motifs is 1. The lowest BCUT2D eigenvalue weighted by Crippen LogP contribution is -2.16. The summed E-state index contributed by atoms with van der Waals surface area (Å²) in [4.78, 5) is 14.9. The molecule has 0 aliphatic heterocycles. The van der Waals surface area contributed by atoms with Crippen molar-refractivity contribution in [2.24, 2.45) is 0 Å². The van der Waals surface area contributed by atoms with Crippen molar-refractivity contribution in [1.29, 1.82) is 0 Å². The van der Waals surface area contributed by atoms with E-state index in [9.17, 15) is 22.4 Å². The second-order valence-corrected chi connectivity index (χ2v) is 7.62. The number of carboxylic acids is 1. The molecule has 0 unspecified atom stereocenters. The average Bonchev–Trinajstić information content (AvgIpc) is 3.07. The third-order valence-corrected chi connectivity index (χ3v) is 5.67. The number of nitrogens with zero attached hydrogens (tertiary/aromatic N) is 3. The summed E-state index contributed by atoms with van der Waals surface area (Å²) in [5.41, 5.74) is 0.573.